The van der Waals surface area contributed by atoms with Gasteiger partial charge in [0.25, 0.3) is 5.91 Å². The van der Waals surface area contributed by atoms with Crippen molar-refractivity contribution >= 4 is 29.0 Å². The number of nitrogens with zero attached hydrogens (tertiary/aromatic N) is 1. The molecule has 4 nitrogen and oxygen atoms in total. The molecule has 5 heteroatoms. The van der Waals surface area contributed by atoms with Gasteiger partial charge >= 0.3 is 0 Å². The molecular formula is C20H28N3OS+. The highest BCUT2D eigenvalue weighted by Crippen LogP contribution is 2.24. The molecule has 0 aliphatic carbocycles. The Labute approximate surface area is 155 Å². The fraction of sp³-hybridized carbons (Fsp3) is 0.350. The average Bonchev–Trinajstić information content (AvgIpc) is 2.62. The second-order valence-electron chi connectivity index (χ2n) is 6.27. The van der Waals surface area contributed by atoms with E-state index in [9.17, 15) is 4.79 Å². The molecule has 0 radical (unpaired) electrons. The van der Waals surface area contributed by atoms with Crippen LogP contribution in [-0.4, -0.2) is 39.3 Å². The Morgan fingerprint density at radius 1 is 1.12 bits per heavy atom. The summed E-state index contributed by atoms with van der Waals surface area (Å²) < 4.78 is 0. The van der Waals surface area contributed by atoms with Gasteiger partial charge in [0, 0.05) is 30.2 Å². The van der Waals surface area contributed by atoms with Gasteiger partial charge in [-0.15, -0.1) is 11.8 Å². The summed E-state index contributed by atoms with van der Waals surface area (Å²) in [5.41, 5.74) is 3.33. The molecule has 1 amide bonds. The zero-order valence-electron chi connectivity index (χ0n) is 15.5. The van der Waals surface area contributed by atoms with Gasteiger partial charge < -0.3 is 15.1 Å². The van der Waals surface area contributed by atoms with E-state index in [1.165, 1.54) is 16.2 Å². The third kappa shape index (κ3) is 5.80. The number of likely N-dealkylation sites (N-methyl/N-ethyl adjacent to an activating group) is 1. The summed E-state index contributed by atoms with van der Waals surface area (Å²) >= 11 is 1.64. The molecule has 0 heterocycles. The number of hydrogen-bond donors (Lipinski definition) is 2. The van der Waals surface area contributed by atoms with E-state index in [4.69, 9.17) is 0 Å². The van der Waals surface area contributed by atoms with Crippen molar-refractivity contribution in [3.63, 3.8) is 0 Å². The van der Waals surface area contributed by atoms with E-state index in [1.54, 1.807) is 11.8 Å². The van der Waals surface area contributed by atoms with Gasteiger partial charge in [0.2, 0.25) is 0 Å². The number of quaternary nitrogens is 1. The first-order valence-corrected chi connectivity index (χ1v) is 9.78. The predicted molar refractivity (Wildman–Crippen MR) is 108 cm³/mol. The maximum Gasteiger partial charge on any atom is 0.279 e. The zero-order chi connectivity index (χ0) is 18.2. The largest absolute Gasteiger partial charge is 0.378 e. The Hall–Kier alpha value is -1.98. The number of benzene rings is 2. The van der Waals surface area contributed by atoms with Crippen molar-refractivity contribution in [2.45, 2.75) is 18.4 Å². The van der Waals surface area contributed by atoms with Crippen molar-refractivity contribution in [2.24, 2.45) is 0 Å². The van der Waals surface area contributed by atoms with Crippen LogP contribution in [0.15, 0.2) is 53.4 Å². The minimum atomic E-state index is 0.0586. The third-order valence-corrected chi connectivity index (χ3v) is 4.99. The molecule has 2 rings (SSSR count). The lowest BCUT2D eigenvalue weighted by Crippen LogP contribution is -3.11. The molecule has 2 aromatic carbocycles. The molecular weight excluding hydrogens is 330 g/mol. The van der Waals surface area contributed by atoms with Crippen LogP contribution in [0.25, 0.3) is 0 Å². The number of rotatable bonds is 8. The highest BCUT2D eigenvalue weighted by atomic mass is 32.2. The van der Waals surface area contributed by atoms with Crippen LogP contribution in [0.5, 0.6) is 0 Å². The van der Waals surface area contributed by atoms with Crippen molar-refractivity contribution < 1.29 is 9.69 Å². The van der Waals surface area contributed by atoms with E-state index in [1.807, 2.05) is 44.6 Å². The van der Waals surface area contributed by atoms with E-state index in [-0.39, 0.29) is 5.91 Å². The number of thioether (sulfide) groups is 1. The molecule has 134 valence electrons. The van der Waals surface area contributed by atoms with Gasteiger partial charge in [-0.05, 0) is 37.4 Å². The maximum atomic E-state index is 12.4. The lowest BCUT2D eigenvalue weighted by atomic mass is 10.2. The molecule has 0 spiro atoms. The van der Waals surface area contributed by atoms with E-state index in [0.717, 1.165) is 23.7 Å². The molecule has 0 aliphatic rings. The molecule has 0 saturated heterocycles. The van der Waals surface area contributed by atoms with Gasteiger partial charge in [-0.25, -0.2) is 0 Å². The molecule has 0 aliphatic heterocycles. The molecule has 0 fully saturated rings. The Morgan fingerprint density at radius 2 is 1.80 bits per heavy atom. The van der Waals surface area contributed by atoms with Crippen molar-refractivity contribution in [3.05, 3.63) is 54.1 Å². The minimum absolute atomic E-state index is 0.0586. The molecule has 2 N–H and O–H groups in total. The van der Waals surface area contributed by atoms with E-state index >= 15 is 0 Å². The number of amides is 1. The monoisotopic (exact) mass is 358 g/mol. The number of hydrogen-bond acceptors (Lipinski definition) is 3. The van der Waals surface area contributed by atoms with E-state index < -0.39 is 0 Å². The summed E-state index contributed by atoms with van der Waals surface area (Å²) in [5.74, 6) is 0.0586. The Bertz CT molecular complexity index is 686. The van der Waals surface area contributed by atoms with Crippen LogP contribution in [0.4, 0.5) is 11.4 Å². The highest BCUT2D eigenvalue weighted by Gasteiger charge is 2.14. The summed E-state index contributed by atoms with van der Waals surface area (Å²) in [4.78, 5) is 16.9. The van der Waals surface area contributed by atoms with Crippen molar-refractivity contribution in [1.29, 1.82) is 0 Å². The number of para-hydroxylation sites is 1. The summed E-state index contributed by atoms with van der Waals surface area (Å²) in [6.45, 7) is 4.34. The molecule has 25 heavy (non-hydrogen) atoms. The Morgan fingerprint density at radius 3 is 2.40 bits per heavy atom. The second kappa shape index (κ2) is 9.49. The summed E-state index contributed by atoms with van der Waals surface area (Å²) in [6.07, 6.45) is 2.02. The van der Waals surface area contributed by atoms with Crippen molar-refractivity contribution in [3.8, 4) is 0 Å². The summed E-state index contributed by atoms with van der Waals surface area (Å²) in [7, 11) is 4.07. The maximum absolute atomic E-state index is 12.4. The first-order valence-electron chi connectivity index (χ1n) is 8.56. The quantitative estimate of drug-likeness (QED) is 0.712. The van der Waals surface area contributed by atoms with Gasteiger partial charge in [-0.2, -0.15) is 0 Å². The summed E-state index contributed by atoms with van der Waals surface area (Å²) in [5, 5.41) is 3.05. The number of nitrogens with one attached hydrogen (secondary N) is 2. The van der Waals surface area contributed by atoms with Crippen LogP contribution in [0.2, 0.25) is 0 Å². The first kappa shape index (κ1) is 19.3. The molecule has 2 aromatic rings. The second-order valence-corrected chi connectivity index (χ2v) is 7.11. The van der Waals surface area contributed by atoms with Gasteiger partial charge in [-0.3, -0.25) is 4.79 Å². The van der Waals surface area contributed by atoms with Crippen LogP contribution < -0.4 is 15.1 Å². The molecule has 1 unspecified atom stereocenters. The van der Waals surface area contributed by atoms with E-state index in [2.05, 4.69) is 41.4 Å². The summed E-state index contributed by atoms with van der Waals surface area (Å²) in [6, 6.07) is 16.5. The van der Waals surface area contributed by atoms with Gasteiger partial charge in [-0.1, -0.05) is 24.3 Å². The van der Waals surface area contributed by atoms with Gasteiger partial charge in [0.05, 0.1) is 12.2 Å². The minimum Gasteiger partial charge on any atom is -0.378 e. The Kier molecular flexibility index (Phi) is 7.34. The smallest absolute Gasteiger partial charge is 0.279 e. The number of anilines is 2. The lowest BCUT2D eigenvalue weighted by Gasteiger charge is -2.19. The van der Waals surface area contributed by atoms with E-state index in [0.29, 0.717) is 6.54 Å². The molecule has 0 saturated carbocycles. The topological polar surface area (TPSA) is 36.8 Å². The van der Waals surface area contributed by atoms with Crippen molar-refractivity contribution in [2.75, 3.05) is 43.7 Å². The molecule has 0 aromatic heterocycles. The molecule has 0 bridgehead atoms. The number of carbonyl (C=O) groups excluding carboxylic acids is 1. The van der Waals surface area contributed by atoms with Gasteiger partial charge in [0.15, 0.2) is 6.54 Å². The standard InChI is InChI=1S/C20H27N3OS/c1-5-23(14-16-10-12-17(13-11-16)22(2)3)15-20(24)21-18-8-6-7-9-19(18)25-4/h6-13H,5,14-15H2,1-4H3,(H,21,24)/p+1. The SMILES string of the molecule is CC[NH+](CC(=O)Nc1ccccc1SC)Cc1ccc(N(C)C)cc1. The number of carbonyl (C=O) groups is 1. The fourth-order valence-electron chi connectivity index (χ4n) is 2.68. The zero-order valence-corrected chi connectivity index (χ0v) is 16.3. The first-order chi connectivity index (χ1) is 12.0. The van der Waals surface area contributed by atoms with Crippen LogP contribution in [0, 0.1) is 0 Å². The van der Waals surface area contributed by atoms with Crippen molar-refractivity contribution in [1.82, 2.24) is 0 Å². The normalized spacial score (nSPS) is 11.8. The lowest BCUT2D eigenvalue weighted by molar-refractivity contribution is -0.903. The predicted octanol–water partition coefficient (Wildman–Crippen LogP) is 2.52. The third-order valence-electron chi connectivity index (χ3n) is 4.20. The average molecular weight is 359 g/mol. The van der Waals surface area contributed by atoms with Crippen LogP contribution >= 0.6 is 11.8 Å². The highest BCUT2D eigenvalue weighted by molar-refractivity contribution is 7.98. The Balaban J connectivity index is 1.95. The van der Waals surface area contributed by atoms with Crippen LogP contribution in [0.1, 0.15) is 12.5 Å². The fourth-order valence-corrected chi connectivity index (χ4v) is 3.24. The molecule has 1 atom stereocenters. The van der Waals surface area contributed by atoms with Crippen LogP contribution in [0.3, 0.4) is 0 Å². The van der Waals surface area contributed by atoms with Gasteiger partial charge in [0.1, 0.15) is 6.54 Å². The van der Waals surface area contributed by atoms with Crippen LogP contribution in [-0.2, 0) is 11.3 Å².